The number of carbonyl (C=O) groups is 1. The number of hydrogen-bond donors (Lipinski definition) is 1. The first kappa shape index (κ1) is 16.4. The molecule has 0 saturated heterocycles. The molecule has 0 radical (unpaired) electrons. The molecule has 0 saturated carbocycles. The first-order valence-corrected chi connectivity index (χ1v) is 6.21. The molecule has 18 heavy (non-hydrogen) atoms. The second-order valence-electron chi connectivity index (χ2n) is 4.80. The SMILES string of the molecule is CC.Cc1cc(C)nc(NC(=O)OC(C)(C)C)c1. The third kappa shape index (κ3) is 6.89. The number of amides is 1. The van der Waals surface area contributed by atoms with Crippen LogP contribution in [0.4, 0.5) is 10.6 Å². The normalized spacial score (nSPS) is 10.2. The minimum Gasteiger partial charge on any atom is -0.444 e. The summed E-state index contributed by atoms with van der Waals surface area (Å²) in [5.41, 5.74) is 1.42. The van der Waals surface area contributed by atoms with Gasteiger partial charge in [0, 0.05) is 5.69 Å². The molecule has 1 heterocycles. The van der Waals surface area contributed by atoms with Crippen molar-refractivity contribution in [2.24, 2.45) is 0 Å². The molecule has 1 amide bonds. The van der Waals surface area contributed by atoms with Crippen molar-refractivity contribution in [1.29, 1.82) is 0 Å². The van der Waals surface area contributed by atoms with Crippen molar-refractivity contribution in [3.8, 4) is 0 Å². The molecular formula is C14H24N2O2. The Hall–Kier alpha value is -1.58. The number of rotatable bonds is 1. The van der Waals surface area contributed by atoms with Gasteiger partial charge in [0.2, 0.25) is 0 Å². The molecule has 4 heteroatoms. The van der Waals surface area contributed by atoms with E-state index in [0.29, 0.717) is 5.82 Å². The van der Waals surface area contributed by atoms with Crippen LogP contribution in [0.15, 0.2) is 12.1 Å². The number of ether oxygens (including phenoxy) is 1. The summed E-state index contributed by atoms with van der Waals surface area (Å²) in [6.07, 6.45) is -0.481. The number of nitrogens with zero attached hydrogens (tertiary/aromatic N) is 1. The van der Waals surface area contributed by atoms with Crippen LogP contribution >= 0.6 is 0 Å². The van der Waals surface area contributed by atoms with Crippen LogP contribution in [0.5, 0.6) is 0 Å². The molecule has 4 nitrogen and oxygen atoms in total. The summed E-state index contributed by atoms with van der Waals surface area (Å²) in [5, 5.41) is 2.61. The molecule has 0 fully saturated rings. The maximum atomic E-state index is 11.5. The van der Waals surface area contributed by atoms with Crippen LogP contribution in [-0.2, 0) is 4.74 Å². The Labute approximate surface area is 110 Å². The monoisotopic (exact) mass is 252 g/mol. The second kappa shape index (κ2) is 6.99. The minimum absolute atomic E-state index is 0.481. The van der Waals surface area contributed by atoms with Crippen molar-refractivity contribution in [2.75, 3.05) is 5.32 Å². The number of aromatic nitrogens is 1. The maximum absolute atomic E-state index is 11.5. The zero-order chi connectivity index (χ0) is 14.3. The molecule has 1 rings (SSSR count). The number of nitrogens with one attached hydrogen (secondary N) is 1. The molecular weight excluding hydrogens is 228 g/mol. The average Bonchev–Trinajstić information content (AvgIpc) is 2.15. The van der Waals surface area contributed by atoms with Gasteiger partial charge in [-0.15, -0.1) is 0 Å². The fraction of sp³-hybridized carbons (Fsp3) is 0.571. The Morgan fingerprint density at radius 3 is 2.22 bits per heavy atom. The maximum Gasteiger partial charge on any atom is 0.413 e. The van der Waals surface area contributed by atoms with Crippen LogP contribution in [0.2, 0.25) is 0 Å². The minimum atomic E-state index is -0.497. The molecule has 0 spiro atoms. The van der Waals surface area contributed by atoms with Gasteiger partial charge in [0.1, 0.15) is 11.4 Å². The van der Waals surface area contributed by atoms with Crippen molar-refractivity contribution in [2.45, 2.75) is 54.1 Å². The highest BCUT2D eigenvalue weighted by atomic mass is 16.6. The van der Waals surface area contributed by atoms with Crippen LogP contribution in [0.3, 0.4) is 0 Å². The highest BCUT2D eigenvalue weighted by molar-refractivity contribution is 5.83. The number of pyridine rings is 1. The van der Waals surface area contributed by atoms with Gasteiger partial charge in [-0.05, 0) is 52.3 Å². The van der Waals surface area contributed by atoms with Gasteiger partial charge in [0.15, 0.2) is 0 Å². The Balaban J connectivity index is 0.00000137. The molecule has 0 aliphatic carbocycles. The lowest BCUT2D eigenvalue weighted by Crippen LogP contribution is -2.27. The first-order chi connectivity index (χ1) is 8.26. The van der Waals surface area contributed by atoms with Gasteiger partial charge in [0.05, 0.1) is 0 Å². The average molecular weight is 252 g/mol. The number of anilines is 1. The summed E-state index contributed by atoms with van der Waals surface area (Å²) in [4.78, 5) is 15.7. The Bertz CT molecular complexity index is 375. The van der Waals surface area contributed by atoms with Crippen molar-refractivity contribution >= 4 is 11.9 Å². The molecule has 0 unspecified atom stereocenters. The fourth-order valence-electron chi connectivity index (χ4n) is 1.31. The van der Waals surface area contributed by atoms with Gasteiger partial charge in [-0.3, -0.25) is 5.32 Å². The lowest BCUT2D eigenvalue weighted by Gasteiger charge is -2.19. The van der Waals surface area contributed by atoms with Crippen LogP contribution in [-0.4, -0.2) is 16.7 Å². The lowest BCUT2D eigenvalue weighted by molar-refractivity contribution is 0.0635. The van der Waals surface area contributed by atoms with Crippen molar-refractivity contribution in [3.63, 3.8) is 0 Å². The lowest BCUT2D eigenvalue weighted by atomic mass is 10.2. The molecule has 0 aromatic carbocycles. The van der Waals surface area contributed by atoms with Crippen LogP contribution in [0, 0.1) is 13.8 Å². The van der Waals surface area contributed by atoms with Crippen LogP contribution in [0.1, 0.15) is 45.9 Å². The molecule has 0 atom stereocenters. The quantitative estimate of drug-likeness (QED) is 0.819. The Kier molecular flexibility index (Phi) is 6.37. The Morgan fingerprint density at radius 1 is 1.22 bits per heavy atom. The zero-order valence-electron chi connectivity index (χ0n) is 12.4. The van der Waals surface area contributed by atoms with E-state index in [1.165, 1.54) is 0 Å². The van der Waals surface area contributed by atoms with Gasteiger partial charge in [-0.2, -0.15) is 0 Å². The van der Waals surface area contributed by atoms with Crippen LogP contribution < -0.4 is 5.32 Å². The predicted octanol–water partition coefficient (Wildman–Crippen LogP) is 4.07. The van der Waals surface area contributed by atoms with Crippen molar-refractivity contribution < 1.29 is 9.53 Å². The first-order valence-electron chi connectivity index (χ1n) is 6.21. The summed E-state index contributed by atoms with van der Waals surface area (Å²) in [6, 6.07) is 3.75. The zero-order valence-corrected chi connectivity index (χ0v) is 12.4. The summed E-state index contributed by atoms with van der Waals surface area (Å²) in [7, 11) is 0. The van der Waals surface area contributed by atoms with E-state index in [-0.39, 0.29) is 0 Å². The molecule has 102 valence electrons. The molecule has 0 aliphatic rings. The smallest absolute Gasteiger partial charge is 0.413 e. The highest BCUT2D eigenvalue weighted by Gasteiger charge is 2.16. The van der Waals surface area contributed by atoms with Crippen LogP contribution in [0.25, 0.3) is 0 Å². The van der Waals surface area contributed by atoms with E-state index in [1.807, 2.05) is 54.5 Å². The molecule has 1 aromatic heterocycles. The summed E-state index contributed by atoms with van der Waals surface area (Å²) in [6.45, 7) is 13.3. The van der Waals surface area contributed by atoms with Gasteiger partial charge in [-0.1, -0.05) is 13.8 Å². The van der Waals surface area contributed by atoms with E-state index in [0.717, 1.165) is 11.3 Å². The van der Waals surface area contributed by atoms with Gasteiger partial charge < -0.3 is 4.74 Å². The van der Waals surface area contributed by atoms with Crippen molar-refractivity contribution in [3.05, 3.63) is 23.4 Å². The van der Waals surface area contributed by atoms with E-state index in [1.54, 1.807) is 6.07 Å². The summed E-state index contributed by atoms with van der Waals surface area (Å²) >= 11 is 0. The largest absolute Gasteiger partial charge is 0.444 e. The summed E-state index contributed by atoms with van der Waals surface area (Å²) in [5.74, 6) is 0.520. The predicted molar refractivity (Wildman–Crippen MR) is 74.9 cm³/mol. The van der Waals surface area contributed by atoms with E-state index < -0.39 is 11.7 Å². The third-order valence-corrected chi connectivity index (χ3v) is 1.73. The topological polar surface area (TPSA) is 51.2 Å². The molecule has 0 bridgehead atoms. The highest BCUT2D eigenvalue weighted by Crippen LogP contribution is 2.12. The molecule has 1 N–H and O–H groups in total. The van der Waals surface area contributed by atoms with Gasteiger partial charge >= 0.3 is 6.09 Å². The third-order valence-electron chi connectivity index (χ3n) is 1.73. The van der Waals surface area contributed by atoms with E-state index in [4.69, 9.17) is 4.74 Å². The number of carbonyl (C=O) groups excluding carboxylic acids is 1. The van der Waals surface area contributed by atoms with Gasteiger partial charge in [-0.25, -0.2) is 9.78 Å². The number of aryl methyl sites for hydroxylation is 2. The number of hydrogen-bond acceptors (Lipinski definition) is 3. The second-order valence-corrected chi connectivity index (χ2v) is 4.80. The Morgan fingerprint density at radius 2 is 1.78 bits per heavy atom. The van der Waals surface area contributed by atoms with E-state index >= 15 is 0 Å². The summed E-state index contributed by atoms with van der Waals surface area (Å²) < 4.78 is 5.13. The van der Waals surface area contributed by atoms with E-state index in [2.05, 4.69) is 10.3 Å². The molecule has 0 aliphatic heterocycles. The standard InChI is InChI=1S/C12H18N2O2.C2H6/c1-8-6-9(2)13-10(7-8)14-11(15)16-12(3,4)5;1-2/h6-7H,1-5H3,(H,13,14,15);1-2H3. The van der Waals surface area contributed by atoms with Gasteiger partial charge in [0.25, 0.3) is 0 Å². The van der Waals surface area contributed by atoms with Crippen molar-refractivity contribution in [1.82, 2.24) is 4.98 Å². The fourth-order valence-corrected chi connectivity index (χ4v) is 1.31. The molecule has 1 aromatic rings. The van der Waals surface area contributed by atoms with E-state index in [9.17, 15) is 4.79 Å².